The largest absolute Gasteiger partial charge is 0.413 e. The molecule has 0 aliphatic carbocycles. The van der Waals surface area contributed by atoms with E-state index in [-0.39, 0.29) is 5.84 Å². The van der Waals surface area contributed by atoms with Crippen LogP contribution in [0.3, 0.4) is 0 Å². The molecule has 0 heterocycles. The van der Waals surface area contributed by atoms with Gasteiger partial charge in [0.25, 0.3) is 0 Å². The highest BCUT2D eigenvalue weighted by Crippen LogP contribution is 2.12. The van der Waals surface area contributed by atoms with Crippen molar-refractivity contribution in [2.75, 3.05) is 0 Å². The molecule has 0 aliphatic heterocycles. The fourth-order valence-corrected chi connectivity index (χ4v) is 1.19. The third kappa shape index (κ3) is 3.48. The van der Waals surface area contributed by atoms with Crippen molar-refractivity contribution >= 4 is 11.9 Å². The van der Waals surface area contributed by atoms with Gasteiger partial charge in [0.15, 0.2) is 0 Å². The van der Waals surface area contributed by atoms with E-state index in [0.717, 1.165) is 0 Å². The van der Waals surface area contributed by atoms with Crippen LogP contribution in [0, 0.1) is 5.41 Å². The second-order valence-corrected chi connectivity index (χ2v) is 3.93. The van der Waals surface area contributed by atoms with Crippen molar-refractivity contribution in [3.63, 3.8) is 0 Å². The lowest BCUT2D eigenvalue weighted by Crippen LogP contribution is -2.55. The van der Waals surface area contributed by atoms with Gasteiger partial charge in [-0.25, -0.2) is 4.79 Å². The summed E-state index contributed by atoms with van der Waals surface area (Å²) in [5.41, 5.74) is 4.57. The number of benzene rings is 1. The highest BCUT2D eigenvalue weighted by Gasteiger charge is 2.28. The Morgan fingerprint density at radius 3 is 2.53 bits per heavy atom. The molecule has 0 aromatic heterocycles. The van der Waals surface area contributed by atoms with E-state index in [1.165, 1.54) is 0 Å². The van der Waals surface area contributed by atoms with Crippen LogP contribution in [0.15, 0.2) is 30.3 Å². The zero-order valence-electron chi connectivity index (χ0n) is 9.99. The number of hydrogen-bond acceptors (Lipinski definition) is 3. The number of ether oxygens (including phenoxy) is 1. The smallest absolute Gasteiger partial charge is 0.410 e. The Kier molecular flexibility index (Phi) is 4.09. The molecule has 4 N–H and O–H groups in total. The van der Waals surface area contributed by atoms with E-state index in [4.69, 9.17) is 15.9 Å². The van der Waals surface area contributed by atoms with Crippen LogP contribution in [-0.4, -0.2) is 17.5 Å². The Balaban J connectivity index is 2.64. The number of amidine groups is 1. The van der Waals surface area contributed by atoms with Crippen molar-refractivity contribution in [1.29, 1.82) is 5.41 Å². The minimum atomic E-state index is -0.869. The molecule has 1 atom stereocenters. The second kappa shape index (κ2) is 5.34. The number of carbonyl (C=O) groups excluding carboxylic acids is 1. The van der Waals surface area contributed by atoms with Crippen LogP contribution < -0.4 is 15.8 Å². The third-order valence-corrected chi connectivity index (χ3v) is 2.63. The molecule has 1 amide bonds. The average Bonchev–Trinajstić information content (AvgIpc) is 2.29. The van der Waals surface area contributed by atoms with E-state index in [1.54, 1.807) is 31.2 Å². The molecule has 0 spiro atoms. The predicted octanol–water partition coefficient (Wildman–Crippen LogP) is 1.88. The van der Waals surface area contributed by atoms with Crippen LogP contribution in [0.4, 0.5) is 4.79 Å². The number of amides is 1. The summed E-state index contributed by atoms with van der Waals surface area (Å²) in [6.45, 7) is 3.52. The lowest BCUT2D eigenvalue weighted by molar-refractivity contribution is 0.192. The summed E-state index contributed by atoms with van der Waals surface area (Å²) >= 11 is 0. The molecule has 1 aromatic rings. The molecule has 92 valence electrons. The SMILES string of the molecule is CCC(C)(NC(=O)Oc1ccccc1)C(=N)N. The summed E-state index contributed by atoms with van der Waals surface area (Å²) < 4.78 is 5.06. The normalized spacial score (nSPS) is 13.5. The molecule has 0 radical (unpaired) electrons. The lowest BCUT2D eigenvalue weighted by Gasteiger charge is -2.27. The highest BCUT2D eigenvalue weighted by molar-refractivity contribution is 5.90. The van der Waals surface area contributed by atoms with Gasteiger partial charge in [-0.1, -0.05) is 25.1 Å². The Bertz CT molecular complexity index is 405. The Hall–Kier alpha value is -2.04. The Morgan fingerprint density at radius 1 is 1.47 bits per heavy atom. The zero-order valence-corrected chi connectivity index (χ0v) is 9.99. The molecular weight excluding hydrogens is 218 g/mol. The fraction of sp³-hybridized carbons (Fsp3) is 0.333. The van der Waals surface area contributed by atoms with Crippen molar-refractivity contribution in [2.24, 2.45) is 5.73 Å². The maximum absolute atomic E-state index is 11.6. The van der Waals surface area contributed by atoms with Gasteiger partial charge in [0.1, 0.15) is 11.6 Å². The maximum Gasteiger partial charge on any atom is 0.413 e. The van der Waals surface area contributed by atoms with Gasteiger partial charge in [-0.3, -0.25) is 5.41 Å². The molecule has 0 bridgehead atoms. The molecule has 0 saturated heterocycles. The topological polar surface area (TPSA) is 88.2 Å². The van der Waals surface area contributed by atoms with Gasteiger partial charge in [-0.2, -0.15) is 0 Å². The number of rotatable bonds is 4. The van der Waals surface area contributed by atoms with Gasteiger partial charge < -0.3 is 15.8 Å². The summed E-state index contributed by atoms with van der Waals surface area (Å²) in [6.07, 6.45) is -0.0950. The van der Waals surface area contributed by atoms with Gasteiger partial charge in [0, 0.05) is 0 Å². The van der Waals surface area contributed by atoms with Gasteiger partial charge in [0.05, 0.1) is 5.54 Å². The number of nitrogens with one attached hydrogen (secondary N) is 2. The molecule has 0 aliphatic rings. The number of hydrogen-bond donors (Lipinski definition) is 3. The van der Waals surface area contributed by atoms with E-state index in [9.17, 15) is 4.79 Å². The van der Waals surface area contributed by atoms with Crippen LogP contribution in [0.2, 0.25) is 0 Å². The average molecular weight is 235 g/mol. The molecule has 17 heavy (non-hydrogen) atoms. The molecule has 0 saturated carbocycles. The second-order valence-electron chi connectivity index (χ2n) is 3.93. The van der Waals surface area contributed by atoms with Crippen molar-refractivity contribution < 1.29 is 9.53 Å². The zero-order chi connectivity index (χ0) is 12.9. The molecule has 1 unspecified atom stereocenters. The summed E-state index contributed by atoms with van der Waals surface area (Å²) in [5.74, 6) is 0.358. The number of carbonyl (C=O) groups is 1. The molecule has 1 aromatic carbocycles. The van der Waals surface area contributed by atoms with Gasteiger partial charge in [-0.05, 0) is 25.5 Å². The van der Waals surface area contributed by atoms with Crippen LogP contribution >= 0.6 is 0 Å². The maximum atomic E-state index is 11.6. The minimum Gasteiger partial charge on any atom is -0.410 e. The summed E-state index contributed by atoms with van der Waals surface area (Å²) in [7, 11) is 0. The fourth-order valence-electron chi connectivity index (χ4n) is 1.19. The first-order valence-corrected chi connectivity index (χ1v) is 5.37. The molecule has 5 heteroatoms. The van der Waals surface area contributed by atoms with Gasteiger partial charge >= 0.3 is 6.09 Å². The minimum absolute atomic E-state index is 0.0926. The van der Waals surface area contributed by atoms with E-state index < -0.39 is 11.6 Å². The highest BCUT2D eigenvalue weighted by atomic mass is 16.6. The Labute approximate surface area is 100 Å². The number of nitrogens with two attached hydrogens (primary N) is 1. The van der Waals surface area contributed by atoms with Crippen molar-refractivity contribution in [3.8, 4) is 5.75 Å². The standard InChI is InChI=1S/C12H17N3O2/c1-3-12(2,10(13)14)15-11(16)17-9-7-5-4-6-8-9/h4-8H,3H2,1-2H3,(H3,13,14)(H,15,16). The van der Waals surface area contributed by atoms with Crippen molar-refractivity contribution in [3.05, 3.63) is 30.3 Å². The van der Waals surface area contributed by atoms with Crippen LogP contribution in [0.1, 0.15) is 20.3 Å². The van der Waals surface area contributed by atoms with Crippen LogP contribution in [-0.2, 0) is 0 Å². The van der Waals surface area contributed by atoms with E-state index in [1.807, 2.05) is 13.0 Å². The number of para-hydroxylation sites is 1. The van der Waals surface area contributed by atoms with Crippen molar-refractivity contribution in [1.82, 2.24) is 5.32 Å². The first kappa shape index (κ1) is 13.0. The molecule has 1 rings (SSSR count). The first-order chi connectivity index (χ1) is 7.98. The monoisotopic (exact) mass is 235 g/mol. The molecule has 5 nitrogen and oxygen atoms in total. The first-order valence-electron chi connectivity index (χ1n) is 5.37. The van der Waals surface area contributed by atoms with Gasteiger partial charge in [0.2, 0.25) is 0 Å². The Morgan fingerprint density at radius 2 is 2.06 bits per heavy atom. The van der Waals surface area contributed by atoms with E-state index in [2.05, 4.69) is 5.32 Å². The quantitative estimate of drug-likeness (QED) is 0.550. The third-order valence-electron chi connectivity index (χ3n) is 2.63. The van der Waals surface area contributed by atoms with Crippen LogP contribution in [0.25, 0.3) is 0 Å². The van der Waals surface area contributed by atoms with E-state index in [0.29, 0.717) is 12.2 Å². The summed E-state index contributed by atoms with van der Waals surface area (Å²) in [4.78, 5) is 11.6. The molecule has 0 fully saturated rings. The van der Waals surface area contributed by atoms with Crippen LogP contribution in [0.5, 0.6) is 5.75 Å². The molecular formula is C12H17N3O2. The predicted molar refractivity (Wildman–Crippen MR) is 66.2 cm³/mol. The van der Waals surface area contributed by atoms with E-state index >= 15 is 0 Å². The summed E-state index contributed by atoms with van der Waals surface area (Å²) in [5, 5.41) is 10.0. The van der Waals surface area contributed by atoms with Crippen molar-refractivity contribution in [2.45, 2.75) is 25.8 Å². The summed E-state index contributed by atoms with van der Waals surface area (Å²) in [6, 6.07) is 8.73. The lowest BCUT2D eigenvalue weighted by atomic mass is 9.98. The van der Waals surface area contributed by atoms with Gasteiger partial charge in [-0.15, -0.1) is 0 Å².